The zero-order valence-electron chi connectivity index (χ0n) is 12.7. The number of likely N-dealkylation sites (tertiary alicyclic amines) is 1. The Labute approximate surface area is 121 Å². The van der Waals surface area contributed by atoms with Gasteiger partial charge in [0.15, 0.2) is 0 Å². The van der Waals surface area contributed by atoms with Crippen molar-refractivity contribution in [3.63, 3.8) is 0 Å². The molecule has 1 aliphatic rings. The van der Waals surface area contributed by atoms with Gasteiger partial charge < -0.3 is 15.5 Å². The van der Waals surface area contributed by atoms with E-state index in [-0.39, 0.29) is 11.3 Å². The first-order chi connectivity index (χ1) is 9.45. The quantitative estimate of drug-likeness (QED) is 0.917. The summed E-state index contributed by atoms with van der Waals surface area (Å²) in [6, 6.07) is 7.81. The lowest BCUT2D eigenvalue weighted by molar-refractivity contribution is 0.0617. The third-order valence-electron chi connectivity index (χ3n) is 4.36. The van der Waals surface area contributed by atoms with Gasteiger partial charge in [0.1, 0.15) is 0 Å². The average molecular weight is 275 g/mol. The third-order valence-corrected chi connectivity index (χ3v) is 4.36. The molecule has 0 unspecified atom stereocenters. The Morgan fingerprint density at radius 1 is 1.35 bits per heavy atom. The minimum absolute atomic E-state index is 0.132. The summed E-state index contributed by atoms with van der Waals surface area (Å²) in [4.78, 5) is 16.5. The molecule has 4 nitrogen and oxygen atoms in total. The Bertz CT molecular complexity index is 476. The van der Waals surface area contributed by atoms with Crippen molar-refractivity contribution >= 4 is 11.6 Å². The number of hydrogen-bond acceptors (Lipinski definition) is 3. The van der Waals surface area contributed by atoms with Crippen LogP contribution in [0.3, 0.4) is 0 Å². The summed E-state index contributed by atoms with van der Waals surface area (Å²) in [6.45, 7) is 4.52. The van der Waals surface area contributed by atoms with Crippen LogP contribution >= 0.6 is 0 Å². The van der Waals surface area contributed by atoms with Crippen LogP contribution in [-0.2, 0) is 0 Å². The van der Waals surface area contributed by atoms with E-state index in [2.05, 4.69) is 6.92 Å². The van der Waals surface area contributed by atoms with Gasteiger partial charge in [0.05, 0.1) is 0 Å². The second-order valence-corrected chi connectivity index (χ2v) is 6.25. The second-order valence-electron chi connectivity index (χ2n) is 6.25. The largest absolute Gasteiger partial charge is 0.378 e. The van der Waals surface area contributed by atoms with E-state index < -0.39 is 0 Å². The average Bonchev–Trinajstić information content (AvgIpc) is 2.47. The van der Waals surface area contributed by atoms with Crippen molar-refractivity contribution in [3.8, 4) is 0 Å². The lowest BCUT2D eigenvalue weighted by atomic mass is 9.80. The van der Waals surface area contributed by atoms with Crippen LogP contribution in [0.15, 0.2) is 24.3 Å². The van der Waals surface area contributed by atoms with Crippen LogP contribution in [0.4, 0.5) is 5.69 Å². The predicted molar refractivity (Wildman–Crippen MR) is 83.1 cm³/mol. The fourth-order valence-corrected chi connectivity index (χ4v) is 2.55. The molecule has 0 bridgehead atoms. The Morgan fingerprint density at radius 3 is 2.55 bits per heavy atom. The minimum Gasteiger partial charge on any atom is -0.378 e. The van der Waals surface area contributed by atoms with Gasteiger partial charge in [-0.15, -0.1) is 0 Å². The summed E-state index contributed by atoms with van der Waals surface area (Å²) < 4.78 is 0. The number of benzene rings is 1. The van der Waals surface area contributed by atoms with Gasteiger partial charge in [-0.3, -0.25) is 4.79 Å². The number of rotatable bonds is 3. The predicted octanol–water partition coefficient (Wildman–Crippen LogP) is 1.95. The first kappa shape index (κ1) is 14.9. The Hall–Kier alpha value is -1.55. The van der Waals surface area contributed by atoms with E-state index in [1.54, 1.807) is 0 Å². The van der Waals surface area contributed by atoms with Gasteiger partial charge in [-0.2, -0.15) is 0 Å². The van der Waals surface area contributed by atoms with Gasteiger partial charge in [-0.25, -0.2) is 0 Å². The maximum atomic E-state index is 12.6. The molecule has 0 saturated carbocycles. The molecule has 1 fully saturated rings. The molecule has 1 saturated heterocycles. The van der Waals surface area contributed by atoms with Gasteiger partial charge in [-0.05, 0) is 43.0 Å². The molecule has 1 aromatic carbocycles. The Kier molecular flexibility index (Phi) is 4.33. The molecular weight excluding hydrogens is 250 g/mol. The summed E-state index contributed by atoms with van der Waals surface area (Å²) in [6.07, 6.45) is 1.98. The molecule has 0 radical (unpaired) electrons. The normalized spacial score (nSPS) is 17.9. The number of carbonyl (C=O) groups is 1. The highest BCUT2D eigenvalue weighted by Gasteiger charge is 2.30. The lowest BCUT2D eigenvalue weighted by Gasteiger charge is -2.38. The molecule has 110 valence electrons. The topological polar surface area (TPSA) is 49.6 Å². The van der Waals surface area contributed by atoms with Crippen molar-refractivity contribution in [1.29, 1.82) is 0 Å². The SMILES string of the molecule is CN(C)c1cccc(C(=O)N2CCC(C)(CN)CC2)c1. The van der Waals surface area contributed by atoms with Gasteiger partial charge in [-0.1, -0.05) is 13.0 Å². The molecule has 0 spiro atoms. The zero-order valence-corrected chi connectivity index (χ0v) is 12.7. The van der Waals surface area contributed by atoms with E-state index in [0.29, 0.717) is 6.54 Å². The fourth-order valence-electron chi connectivity index (χ4n) is 2.55. The van der Waals surface area contributed by atoms with Crippen molar-refractivity contribution in [2.75, 3.05) is 38.6 Å². The van der Waals surface area contributed by atoms with Gasteiger partial charge in [0.2, 0.25) is 0 Å². The molecule has 1 heterocycles. The van der Waals surface area contributed by atoms with Crippen molar-refractivity contribution in [3.05, 3.63) is 29.8 Å². The highest BCUT2D eigenvalue weighted by atomic mass is 16.2. The fraction of sp³-hybridized carbons (Fsp3) is 0.562. The number of nitrogens with zero attached hydrogens (tertiary/aromatic N) is 2. The highest BCUT2D eigenvalue weighted by molar-refractivity contribution is 5.95. The Morgan fingerprint density at radius 2 is 2.00 bits per heavy atom. The molecule has 20 heavy (non-hydrogen) atoms. The van der Waals surface area contributed by atoms with Crippen LogP contribution in [0.1, 0.15) is 30.1 Å². The van der Waals surface area contributed by atoms with E-state index >= 15 is 0 Å². The number of piperidine rings is 1. The third kappa shape index (κ3) is 3.12. The lowest BCUT2D eigenvalue weighted by Crippen LogP contribution is -2.44. The van der Waals surface area contributed by atoms with Crippen LogP contribution in [-0.4, -0.2) is 44.5 Å². The van der Waals surface area contributed by atoms with Crippen molar-refractivity contribution in [1.82, 2.24) is 4.90 Å². The summed E-state index contributed by atoms with van der Waals surface area (Å²) in [5.74, 6) is 0.132. The zero-order chi connectivity index (χ0) is 14.8. The van der Waals surface area contributed by atoms with Crippen LogP contribution in [0, 0.1) is 5.41 Å². The van der Waals surface area contributed by atoms with Crippen LogP contribution in [0.5, 0.6) is 0 Å². The molecule has 0 atom stereocenters. The number of carbonyl (C=O) groups excluding carboxylic acids is 1. The van der Waals surface area contributed by atoms with Crippen molar-refractivity contribution in [2.24, 2.45) is 11.1 Å². The maximum Gasteiger partial charge on any atom is 0.253 e. The standard InChI is InChI=1S/C16H25N3O/c1-16(12-17)7-9-19(10-8-16)15(20)13-5-4-6-14(11-13)18(2)3/h4-6,11H,7-10,12,17H2,1-3H3. The van der Waals surface area contributed by atoms with Gasteiger partial charge >= 0.3 is 0 Å². The monoisotopic (exact) mass is 275 g/mol. The number of amides is 1. The molecule has 2 N–H and O–H groups in total. The number of nitrogens with two attached hydrogens (primary N) is 1. The molecule has 1 amide bonds. The Balaban J connectivity index is 2.07. The molecule has 0 aliphatic carbocycles. The van der Waals surface area contributed by atoms with Crippen molar-refractivity contribution in [2.45, 2.75) is 19.8 Å². The van der Waals surface area contributed by atoms with E-state index in [1.165, 1.54) is 0 Å². The maximum absolute atomic E-state index is 12.6. The molecule has 0 aromatic heterocycles. The smallest absolute Gasteiger partial charge is 0.253 e. The van der Waals surface area contributed by atoms with E-state index in [0.717, 1.165) is 37.2 Å². The number of anilines is 1. The van der Waals surface area contributed by atoms with Gasteiger partial charge in [0.25, 0.3) is 5.91 Å². The summed E-state index contributed by atoms with van der Waals surface area (Å²) in [5.41, 5.74) is 7.84. The number of hydrogen-bond donors (Lipinski definition) is 1. The van der Waals surface area contributed by atoms with E-state index in [1.807, 2.05) is 48.2 Å². The first-order valence-electron chi connectivity index (χ1n) is 7.22. The second kappa shape index (κ2) is 5.83. The van der Waals surface area contributed by atoms with Crippen LogP contribution in [0.25, 0.3) is 0 Å². The van der Waals surface area contributed by atoms with Crippen LogP contribution in [0.2, 0.25) is 0 Å². The molecule has 1 aromatic rings. The van der Waals surface area contributed by atoms with Crippen LogP contribution < -0.4 is 10.6 Å². The molecule has 4 heteroatoms. The minimum atomic E-state index is 0.132. The molecular formula is C16H25N3O. The molecule has 2 rings (SSSR count). The highest BCUT2D eigenvalue weighted by Crippen LogP contribution is 2.30. The molecule has 1 aliphatic heterocycles. The van der Waals surface area contributed by atoms with Crippen molar-refractivity contribution < 1.29 is 4.79 Å². The summed E-state index contributed by atoms with van der Waals surface area (Å²) in [5, 5.41) is 0. The van der Waals surface area contributed by atoms with E-state index in [4.69, 9.17) is 5.73 Å². The summed E-state index contributed by atoms with van der Waals surface area (Å²) in [7, 11) is 3.97. The van der Waals surface area contributed by atoms with Gasteiger partial charge in [0, 0.05) is 38.4 Å². The summed E-state index contributed by atoms with van der Waals surface area (Å²) >= 11 is 0. The van der Waals surface area contributed by atoms with E-state index in [9.17, 15) is 4.79 Å². The first-order valence-corrected chi connectivity index (χ1v) is 7.22.